The SMILES string of the molecule is Cc1ccc2c(c1)CN1CN2Cc2ccccc21. The molecule has 0 aliphatic carbocycles. The Kier molecular flexibility index (Phi) is 1.95. The summed E-state index contributed by atoms with van der Waals surface area (Å²) in [5, 5.41) is 0. The maximum atomic E-state index is 2.47. The van der Waals surface area contributed by atoms with Gasteiger partial charge in [0, 0.05) is 24.5 Å². The number of rotatable bonds is 0. The van der Waals surface area contributed by atoms with E-state index in [4.69, 9.17) is 0 Å². The first-order valence-corrected chi connectivity index (χ1v) is 6.48. The van der Waals surface area contributed by atoms with Crippen LogP contribution in [0.5, 0.6) is 0 Å². The Balaban J connectivity index is 1.85. The van der Waals surface area contributed by atoms with Gasteiger partial charge in [-0.3, -0.25) is 0 Å². The number of hydrogen-bond acceptors (Lipinski definition) is 2. The van der Waals surface area contributed by atoms with Crippen molar-refractivity contribution in [2.45, 2.75) is 20.0 Å². The molecule has 0 aromatic heterocycles. The molecule has 0 saturated carbocycles. The van der Waals surface area contributed by atoms with Crippen molar-refractivity contribution in [2.24, 2.45) is 0 Å². The van der Waals surface area contributed by atoms with Crippen LogP contribution in [-0.2, 0) is 13.1 Å². The van der Waals surface area contributed by atoms with E-state index in [1.165, 1.54) is 28.1 Å². The summed E-state index contributed by atoms with van der Waals surface area (Å²) in [5.74, 6) is 0. The quantitative estimate of drug-likeness (QED) is 0.692. The fraction of sp³-hybridized carbons (Fsp3) is 0.250. The molecule has 2 aliphatic heterocycles. The Morgan fingerprint density at radius 1 is 0.833 bits per heavy atom. The van der Waals surface area contributed by atoms with Gasteiger partial charge < -0.3 is 9.80 Å². The molecular weight excluding hydrogens is 220 g/mol. The van der Waals surface area contributed by atoms with Gasteiger partial charge in [0.15, 0.2) is 0 Å². The highest BCUT2D eigenvalue weighted by atomic mass is 15.4. The topological polar surface area (TPSA) is 6.48 Å². The van der Waals surface area contributed by atoms with Crippen molar-refractivity contribution >= 4 is 11.4 Å². The Morgan fingerprint density at radius 3 is 2.44 bits per heavy atom. The molecule has 2 heteroatoms. The second-order valence-corrected chi connectivity index (χ2v) is 5.30. The minimum atomic E-state index is 1.02. The molecule has 90 valence electrons. The van der Waals surface area contributed by atoms with E-state index in [0.717, 1.165) is 19.8 Å². The van der Waals surface area contributed by atoms with Crippen LogP contribution in [0.4, 0.5) is 11.4 Å². The number of hydrogen-bond donors (Lipinski definition) is 0. The van der Waals surface area contributed by atoms with E-state index >= 15 is 0 Å². The number of aryl methyl sites for hydroxylation is 1. The maximum Gasteiger partial charge on any atom is 0.0910 e. The number of anilines is 2. The molecule has 0 atom stereocenters. The molecule has 0 radical (unpaired) electrons. The maximum absolute atomic E-state index is 2.47. The lowest BCUT2D eigenvalue weighted by Crippen LogP contribution is -2.46. The highest BCUT2D eigenvalue weighted by molar-refractivity contribution is 5.67. The zero-order chi connectivity index (χ0) is 12.1. The van der Waals surface area contributed by atoms with Crippen molar-refractivity contribution in [1.29, 1.82) is 0 Å². The average Bonchev–Trinajstić information content (AvgIpc) is 2.38. The van der Waals surface area contributed by atoms with Crippen molar-refractivity contribution in [3.63, 3.8) is 0 Å². The largest absolute Gasteiger partial charge is 0.349 e. The monoisotopic (exact) mass is 236 g/mol. The van der Waals surface area contributed by atoms with Crippen LogP contribution in [0.3, 0.4) is 0 Å². The van der Waals surface area contributed by atoms with E-state index in [2.05, 4.69) is 59.2 Å². The molecule has 2 aromatic rings. The first-order chi connectivity index (χ1) is 8.81. The zero-order valence-corrected chi connectivity index (χ0v) is 10.6. The van der Waals surface area contributed by atoms with Crippen LogP contribution in [-0.4, -0.2) is 6.67 Å². The van der Waals surface area contributed by atoms with Crippen molar-refractivity contribution in [3.05, 3.63) is 59.2 Å². The van der Waals surface area contributed by atoms with Crippen LogP contribution >= 0.6 is 0 Å². The zero-order valence-electron chi connectivity index (χ0n) is 10.6. The van der Waals surface area contributed by atoms with E-state index < -0.39 is 0 Å². The number of fused-ring (bicyclic) bond motifs is 6. The molecule has 4 rings (SSSR count). The highest BCUT2D eigenvalue weighted by Crippen LogP contribution is 2.37. The van der Waals surface area contributed by atoms with Gasteiger partial charge in [-0.15, -0.1) is 0 Å². The summed E-state index contributed by atoms with van der Waals surface area (Å²) in [6.07, 6.45) is 0. The minimum Gasteiger partial charge on any atom is -0.349 e. The number of nitrogens with zero attached hydrogens (tertiary/aromatic N) is 2. The van der Waals surface area contributed by atoms with E-state index in [-0.39, 0.29) is 0 Å². The summed E-state index contributed by atoms with van der Waals surface area (Å²) in [4.78, 5) is 4.95. The second kappa shape index (κ2) is 3.52. The van der Waals surface area contributed by atoms with E-state index in [1.54, 1.807) is 0 Å². The smallest absolute Gasteiger partial charge is 0.0910 e. The molecule has 2 nitrogen and oxygen atoms in total. The lowest BCUT2D eigenvalue weighted by molar-refractivity contribution is 0.650. The van der Waals surface area contributed by atoms with Crippen LogP contribution in [0.25, 0.3) is 0 Å². The van der Waals surface area contributed by atoms with Gasteiger partial charge in [0.2, 0.25) is 0 Å². The fourth-order valence-corrected chi connectivity index (χ4v) is 3.14. The molecule has 18 heavy (non-hydrogen) atoms. The molecule has 0 N–H and O–H groups in total. The highest BCUT2D eigenvalue weighted by Gasteiger charge is 2.28. The van der Waals surface area contributed by atoms with Gasteiger partial charge >= 0.3 is 0 Å². The average molecular weight is 236 g/mol. The third-order valence-corrected chi connectivity index (χ3v) is 3.97. The molecule has 0 unspecified atom stereocenters. The Morgan fingerprint density at radius 2 is 1.56 bits per heavy atom. The molecular formula is C16H16N2. The van der Waals surface area contributed by atoms with Crippen molar-refractivity contribution in [1.82, 2.24) is 0 Å². The summed E-state index contributed by atoms with van der Waals surface area (Å²) in [6, 6.07) is 15.6. The Hall–Kier alpha value is -1.96. The molecule has 0 saturated heterocycles. The van der Waals surface area contributed by atoms with Crippen LogP contribution in [0.15, 0.2) is 42.5 Å². The normalized spacial score (nSPS) is 16.3. The molecule has 0 spiro atoms. The summed E-state index contributed by atoms with van der Waals surface area (Å²) < 4.78 is 0. The van der Waals surface area contributed by atoms with Gasteiger partial charge in [0.05, 0.1) is 6.67 Å². The Bertz CT molecular complexity index is 618. The molecule has 2 aromatic carbocycles. The predicted octanol–water partition coefficient (Wildman–Crippen LogP) is 3.29. The first-order valence-electron chi connectivity index (χ1n) is 6.48. The van der Waals surface area contributed by atoms with Crippen molar-refractivity contribution in [3.8, 4) is 0 Å². The molecule has 2 aliphatic rings. The number of para-hydroxylation sites is 1. The molecule has 2 bridgehead atoms. The van der Waals surface area contributed by atoms with Crippen molar-refractivity contribution in [2.75, 3.05) is 16.5 Å². The third kappa shape index (κ3) is 1.35. The van der Waals surface area contributed by atoms with Crippen molar-refractivity contribution < 1.29 is 0 Å². The first kappa shape index (κ1) is 10.0. The predicted molar refractivity (Wildman–Crippen MR) is 74.9 cm³/mol. The molecule has 2 heterocycles. The van der Waals surface area contributed by atoms with Gasteiger partial charge in [-0.25, -0.2) is 0 Å². The van der Waals surface area contributed by atoms with Gasteiger partial charge in [-0.05, 0) is 30.2 Å². The van der Waals surface area contributed by atoms with Crippen LogP contribution in [0, 0.1) is 6.92 Å². The lowest BCUT2D eigenvalue weighted by Gasteiger charge is -2.44. The number of benzene rings is 2. The van der Waals surface area contributed by atoms with E-state index in [9.17, 15) is 0 Å². The van der Waals surface area contributed by atoms with Gasteiger partial charge in [0.1, 0.15) is 0 Å². The van der Waals surface area contributed by atoms with E-state index in [1.807, 2.05) is 0 Å². The Labute approximate surface area is 107 Å². The fourth-order valence-electron chi connectivity index (χ4n) is 3.14. The summed E-state index contributed by atoms with van der Waals surface area (Å²) >= 11 is 0. The third-order valence-electron chi connectivity index (χ3n) is 3.97. The van der Waals surface area contributed by atoms with Gasteiger partial charge in [0.25, 0.3) is 0 Å². The molecule has 0 fully saturated rings. The second-order valence-electron chi connectivity index (χ2n) is 5.30. The summed E-state index contributed by atoms with van der Waals surface area (Å²) in [5.41, 5.74) is 7.06. The van der Waals surface area contributed by atoms with E-state index in [0.29, 0.717) is 0 Å². The standard InChI is InChI=1S/C16H16N2/c1-12-6-7-16-14(8-12)10-18-11-17(16)9-13-4-2-3-5-15(13)18/h2-8H,9-11H2,1H3. The van der Waals surface area contributed by atoms with Crippen LogP contribution in [0.1, 0.15) is 16.7 Å². The minimum absolute atomic E-state index is 1.02. The van der Waals surface area contributed by atoms with Crippen LogP contribution < -0.4 is 9.80 Å². The van der Waals surface area contributed by atoms with Gasteiger partial charge in [-0.2, -0.15) is 0 Å². The molecule has 0 amide bonds. The summed E-state index contributed by atoms with van der Waals surface area (Å²) in [7, 11) is 0. The van der Waals surface area contributed by atoms with Gasteiger partial charge in [-0.1, -0.05) is 35.9 Å². The lowest BCUT2D eigenvalue weighted by atomic mass is 10.0. The van der Waals surface area contributed by atoms with Crippen LogP contribution in [0.2, 0.25) is 0 Å². The summed E-state index contributed by atoms with van der Waals surface area (Å²) in [6.45, 7) is 5.25.